The molecule has 3 nitrogen and oxygen atoms in total. The molecule has 1 aliphatic rings. The Labute approximate surface area is 78.1 Å². The highest BCUT2D eigenvalue weighted by Crippen LogP contribution is 2.11. The first-order valence-electron chi connectivity index (χ1n) is 4.48. The molecule has 0 atom stereocenters. The van der Waals surface area contributed by atoms with Gasteiger partial charge >= 0.3 is 0 Å². The van der Waals surface area contributed by atoms with Crippen LogP contribution >= 0.6 is 0 Å². The Morgan fingerprint density at radius 3 is 2.46 bits per heavy atom. The number of rotatable bonds is 2. The molecule has 0 aliphatic carbocycles. The van der Waals surface area contributed by atoms with Crippen molar-refractivity contribution >= 4 is 11.8 Å². The Kier molecular flexibility index (Phi) is 3.51. The van der Waals surface area contributed by atoms with E-state index in [4.69, 9.17) is 0 Å². The molecular weight excluding hydrogens is 166 g/mol. The molecule has 0 unspecified atom stereocenters. The fourth-order valence-electron chi connectivity index (χ4n) is 1.34. The van der Waals surface area contributed by atoms with Gasteiger partial charge in [0.15, 0.2) is 0 Å². The van der Waals surface area contributed by atoms with Crippen molar-refractivity contribution in [2.24, 2.45) is 0 Å². The van der Waals surface area contributed by atoms with Crippen LogP contribution in [0.2, 0.25) is 0 Å². The van der Waals surface area contributed by atoms with Crippen LogP contribution in [0.15, 0.2) is 0 Å². The smallest absolute Gasteiger partial charge is 0.229 e. The molecule has 0 N–H and O–H groups in total. The summed E-state index contributed by atoms with van der Waals surface area (Å²) in [7, 11) is 0. The maximum atomic E-state index is 11.3. The zero-order chi connectivity index (χ0) is 9.68. The molecule has 13 heavy (non-hydrogen) atoms. The van der Waals surface area contributed by atoms with Gasteiger partial charge in [-0.2, -0.15) is 0 Å². The van der Waals surface area contributed by atoms with E-state index in [1.807, 2.05) is 0 Å². The summed E-state index contributed by atoms with van der Waals surface area (Å²) in [5, 5.41) is 0. The molecule has 0 saturated carbocycles. The summed E-state index contributed by atoms with van der Waals surface area (Å²) < 4.78 is 0. The predicted molar refractivity (Wildman–Crippen MR) is 48.6 cm³/mol. The van der Waals surface area contributed by atoms with Crippen LogP contribution in [-0.4, -0.2) is 23.3 Å². The van der Waals surface area contributed by atoms with E-state index < -0.39 is 0 Å². The molecule has 1 aliphatic heterocycles. The Morgan fingerprint density at radius 2 is 1.92 bits per heavy atom. The molecule has 0 aromatic rings. The molecule has 2 amide bonds. The number of amides is 2. The van der Waals surface area contributed by atoms with Crippen LogP contribution in [0.3, 0.4) is 0 Å². The number of carbonyl (C=O) groups excluding carboxylic acids is 2. The van der Waals surface area contributed by atoms with Gasteiger partial charge in [0.1, 0.15) is 0 Å². The van der Waals surface area contributed by atoms with Crippen molar-refractivity contribution in [1.29, 1.82) is 0 Å². The summed E-state index contributed by atoms with van der Waals surface area (Å²) in [5.74, 6) is 5.48. The van der Waals surface area contributed by atoms with Crippen molar-refractivity contribution in [2.45, 2.75) is 32.6 Å². The van der Waals surface area contributed by atoms with Crippen molar-refractivity contribution in [3.05, 3.63) is 0 Å². The van der Waals surface area contributed by atoms with Crippen LogP contribution in [0.25, 0.3) is 0 Å². The molecule has 0 spiro atoms. The van der Waals surface area contributed by atoms with Gasteiger partial charge in [0, 0.05) is 25.8 Å². The number of imide groups is 1. The van der Waals surface area contributed by atoms with Gasteiger partial charge in [0.2, 0.25) is 11.8 Å². The second-order valence-corrected chi connectivity index (χ2v) is 2.97. The van der Waals surface area contributed by atoms with Crippen molar-refractivity contribution in [2.75, 3.05) is 6.54 Å². The highest BCUT2D eigenvalue weighted by atomic mass is 16.2. The van der Waals surface area contributed by atoms with E-state index in [0.29, 0.717) is 32.2 Å². The minimum Gasteiger partial charge on any atom is -0.282 e. The van der Waals surface area contributed by atoms with Crippen molar-refractivity contribution in [3.8, 4) is 11.8 Å². The Balaban J connectivity index is 2.47. The van der Waals surface area contributed by atoms with Crippen LogP contribution in [0.5, 0.6) is 0 Å². The van der Waals surface area contributed by atoms with E-state index in [1.54, 1.807) is 6.92 Å². The fraction of sp³-hybridized carbons (Fsp3) is 0.600. The topological polar surface area (TPSA) is 37.4 Å². The molecule has 0 aromatic heterocycles. The van der Waals surface area contributed by atoms with Crippen LogP contribution in [0.4, 0.5) is 0 Å². The van der Waals surface area contributed by atoms with E-state index in [1.165, 1.54) is 4.90 Å². The first kappa shape index (κ1) is 9.79. The zero-order valence-electron chi connectivity index (χ0n) is 7.80. The summed E-state index contributed by atoms with van der Waals surface area (Å²) >= 11 is 0. The zero-order valence-corrected chi connectivity index (χ0v) is 7.80. The minimum absolute atomic E-state index is 0.0471. The third-order valence-corrected chi connectivity index (χ3v) is 2.02. The lowest BCUT2D eigenvalue weighted by molar-refractivity contribution is -0.147. The molecule has 1 heterocycles. The SMILES string of the molecule is CC#CCCN1C(=O)CCCC1=O. The molecule has 1 fully saturated rings. The summed E-state index contributed by atoms with van der Waals surface area (Å²) in [6.07, 6.45) is 2.30. The van der Waals surface area contributed by atoms with E-state index in [9.17, 15) is 9.59 Å². The maximum Gasteiger partial charge on any atom is 0.229 e. The summed E-state index contributed by atoms with van der Waals surface area (Å²) in [5.41, 5.74) is 0. The van der Waals surface area contributed by atoms with Gasteiger partial charge in [-0.25, -0.2) is 0 Å². The van der Waals surface area contributed by atoms with Crippen LogP contribution in [0, 0.1) is 11.8 Å². The molecule has 1 rings (SSSR count). The van der Waals surface area contributed by atoms with Gasteiger partial charge in [-0.1, -0.05) is 0 Å². The highest BCUT2D eigenvalue weighted by Gasteiger charge is 2.24. The molecular formula is C10H13NO2. The fourth-order valence-corrected chi connectivity index (χ4v) is 1.34. The van der Waals surface area contributed by atoms with Gasteiger partial charge in [-0.15, -0.1) is 11.8 Å². The van der Waals surface area contributed by atoms with Gasteiger partial charge in [-0.05, 0) is 13.3 Å². The number of hydrogen-bond acceptors (Lipinski definition) is 2. The van der Waals surface area contributed by atoms with E-state index in [-0.39, 0.29) is 11.8 Å². The van der Waals surface area contributed by atoms with E-state index in [0.717, 1.165) is 0 Å². The van der Waals surface area contributed by atoms with Crippen molar-refractivity contribution < 1.29 is 9.59 Å². The molecule has 70 valence electrons. The number of piperidine rings is 1. The first-order valence-corrected chi connectivity index (χ1v) is 4.48. The normalized spacial score (nSPS) is 16.8. The number of hydrogen-bond donors (Lipinski definition) is 0. The molecule has 1 saturated heterocycles. The predicted octanol–water partition coefficient (Wildman–Crippen LogP) is 0.939. The van der Waals surface area contributed by atoms with E-state index in [2.05, 4.69) is 11.8 Å². The molecule has 0 radical (unpaired) electrons. The highest BCUT2D eigenvalue weighted by molar-refractivity contribution is 5.97. The van der Waals surface area contributed by atoms with Gasteiger partial charge < -0.3 is 0 Å². The molecule has 0 bridgehead atoms. The number of likely N-dealkylation sites (tertiary alicyclic amines) is 1. The van der Waals surface area contributed by atoms with Gasteiger partial charge in [0.05, 0.1) is 0 Å². The van der Waals surface area contributed by atoms with Crippen LogP contribution < -0.4 is 0 Å². The number of carbonyl (C=O) groups is 2. The summed E-state index contributed by atoms with van der Waals surface area (Å²) in [6.45, 7) is 2.21. The average Bonchev–Trinajstić information content (AvgIpc) is 2.10. The van der Waals surface area contributed by atoms with Crippen LogP contribution in [0.1, 0.15) is 32.6 Å². The lowest BCUT2D eigenvalue weighted by Crippen LogP contribution is -2.40. The third kappa shape index (κ3) is 2.59. The average molecular weight is 179 g/mol. The van der Waals surface area contributed by atoms with Gasteiger partial charge in [-0.3, -0.25) is 14.5 Å². The molecule has 0 aromatic carbocycles. The third-order valence-electron chi connectivity index (χ3n) is 2.02. The Hall–Kier alpha value is -1.30. The summed E-state index contributed by atoms with van der Waals surface area (Å²) in [6, 6.07) is 0. The molecule has 3 heteroatoms. The second kappa shape index (κ2) is 4.66. The van der Waals surface area contributed by atoms with Gasteiger partial charge in [0.25, 0.3) is 0 Å². The standard InChI is InChI=1S/C10H13NO2/c1-2-3-4-8-11-9(12)6-5-7-10(11)13/h4-8H2,1H3. The second-order valence-electron chi connectivity index (χ2n) is 2.97. The quantitative estimate of drug-likeness (QED) is 0.467. The minimum atomic E-state index is -0.0471. The Morgan fingerprint density at radius 1 is 1.31 bits per heavy atom. The lowest BCUT2D eigenvalue weighted by atomic mass is 10.1. The van der Waals surface area contributed by atoms with Crippen molar-refractivity contribution in [1.82, 2.24) is 4.90 Å². The maximum absolute atomic E-state index is 11.3. The largest absolute Gasteiger partial charge is 0.282 e. The van der Waals surface area contributed by atoms with Crippen LogP contribution in [-0.2, 0) is 9.59 Å². The van der Waals surface area contributed by atoms with Crippen molar-refractivity contribution in [3.63, 3.8) is 0 Å². The monoisotopic (exact) mass is 179 g/mol. The lowest BCUT2D eigenvalue weighted by Gasteiger charge is -2.23. The number of nitrogens with zero attached hydrogens (tertiary/aromatic N) is 1. The summed E-state index contributed by atoms with van der Waals surface area (Å²) in [4.78, 5) is 23.8. The van der Waals surface area contributed by atoms with E-state index >= 15 is 0 Å². The Bertz CT molecular complexity index is 256. The first-order chi connectivity index (χ1) is 6.25.